The van der Waals surface area contributed by atoms with Crippen LogP contribution in [0, 0.1) is 20.4 Å². The molecule has 0 fully saturated rings. The van der Waals surface area contributed by atoms with Gasteiger partial charge in [0.15, 0.2) is 0 Å². The minimum atomic E-state index is -4.69. The number of hydrogen-bond donors (Lipinski definition) is 2. The Morgan fingerprint density at radius 2 is 1.27 bits per heavy atom. The van der Waals surface area contributed by atoms with E-state index >= 15 is 0 Å². The van der Waals surface area contributed by atoms with Gasteiger partial charge in [-0.1, -0.05) is 0 Å². The van der Waals surface area contributed by atoms with Gasteiger partial charge in [0.25, 0.3) is 5.09 Å². The Balaban J connectivity index is -0.0000000146. The molecule has 0 radical (unpaired) electrons. The summed E-state index contributed by atoms with van der Waals surface area (Å²) < 4.78 is 32.7. The molecule has 0 aromatic heterocycles. The second-order valence-electron chi connectivity index (χ2n) is 0.634. The fourth-order valence-corrected chi connectivity index (χ4v) is 0. The first-order chi connectivity index (χ1) is 3.73. The summed E-state index contributed by atoms with van der Waals surface area (Å²) in [5, 5.41) is 13.6. The Morgan fingerprint density at radius 1 is 1.27 bits per heavy atom. The van der Waals surface area contributed by atoms with E-state index in [1.54, 1.807) is 0 Å². The Bertz CT molecular complexity index is 87.0. The first kappa shape index (κ1) is 22.6. The maximum atomic E-state index is 8.60. The number of halogens is 1. The van der Waals surface area contributed by atoms with Crippen molar-refractivity contribution in [2.45, 2.75) is 0 Å². The van der Waals surface area contributed by atoms with Crippen LogP contribution in [0.15, 0.2) is 0 Å². The van der Waals surface area contributed by atoms with E-state index in [1.165, 1.54) is 0 Å². The summed E-state index contributed by atoms with van der Waals surface area (Å²) in [4.78, 5) is 8.36. The minimum Gasteiger partial charge on any atom is -1.00 e. The van der Waals surface area contributed by atoms with Gasteiger partial charge in [-0.2, -0.15) is 14.0 Å². The first-order valence-corrected chi connectivity index (χ1v) is 2.46. The molecule has 11 heteroatoms. The van der Waals surface area contributed by atoms with Crippen LogP contribution in [0.5, 0.6) is 0 Å². The predicted molar refractivity (Wildman–Crippen MR) is 24.7 cm³/mol. The maximum Gasteiger partial charge on any atom is 2.00 e. The number of rotatable bonds is 0. The van der Waals surface area contributed by atoms with Crippen LogP contribution in [0.25, 0.3) is 0 Å². The van der Waals surface area contributed by atoms with Crippen molar-refractivity contribution in [1.29, 1.82) is 0 Å². The molecule has 0 aromatic rings. The van der Waals surface area contributed by atoms with Crippen molar-refractivity contribution < 1.29 is 42.0 Å². The van der Waals surface area contributed by atoms with Crippen molar-refractivity contribution in [3.63, 3.8) is 0 Å². The quantitative estimate of drug-likeness (QED) is 0.232. The van der Waals surface area contributed by atoms with Crippen LogP contribution >= 0.6 is 0 Å². The van der Waals surface area contributed by atoms with Crippen molar-refractivity contribution in [2.75, 3.05) is 0 Å². The molecule has 0 bridgehead atoms. The third kappa shape index (κ3) is 1150. The molecule has 2 N–H and O–H groups in total. The summed E-state index contributed by atoms with van der Waals surface area (Å²) in [6.07, 6.45) is 0. The third-order valence-corrected chi connectivity index (χ3v) is 0. The molecule has 0 spiro atoms. The molecule has 0 atom stereocenters. The normalized spacial score (nSPS) is 7.64. The number of hydrogen-bond acceptors (Lipinski definition) is 6. The Morgan fingerprint density at radius 3 is 1.27 bits per heavy atom. The molecule has 0 saturated carbocycles. The smallest absolute Gasteiger partial charge is 1.00 e. The molecular weight excluding hydrogens is 210 g/mol. The van der Waals surface area contributed by atoms with Crippen LogP contribution in [0.1, 0.15) is 2.85 Å². The molecule has 11 heavy (non-hydrogen) atoms. The summed E-state index contributed by atoms with van der Waals surface area (Å²) in [6.45, 7) is 0. The van der Waals surface area contributed by atoms with Crippen LogP contribution in [0.4, 0.5) is 0 Å². The van der Waals surface area contributed by atoms with Gasteiger partial charge < -0.3 is 8.06 Å². The van der Waals surface area contributed by atoms with Gasteiger partial charge in [-0.25, -0.2) is 0 Å². The van der Waals surface area contributed by atoms with E-state index in [-0.39, 0.29) is 49.0 Å². The van der Waals surface area contributed by atoms with Crippen LogP contribution in [-0.4, -0.2) is 61.1 Å². The number of nitrogens with zero attached hydrogens (tertiary/aromatic N) is 1. The molecule has 0 aromatic carbocycles. The van der Waals surface area contributed by atoms with Crippen molar-refractivity contribution in [2.24, 2.45) is 0 Å². The van der Waals surface area contributed by atoms with E-state index in [4.69, 9.17) is 34.0 Å². The zero-order valence-electron chi connectivity index (χ0n) is 7.18. The van der Waals surface area contributed by atoms with Gasteiger partial charge in [0.05, 0.1) is 14.9 Å². The van der Waals surface area contributed by atoms with Crippen LogP contribution < -0.4 is 14.0 Å². The van der Waals surface area contributed by atoms with Crippen molar-refractivity contribution in [1.82, 2.24) is 0 Å². The van der Waals surface area contributed by atoms with E-state index in [9.17, 15) is 0 Å². The van der Waals surface area contributed by atoms with E-state index in [0.29, 0.717) is 0 Å². The zero-order valence-corrected chi connectivity index (χ0v) is 8.76. The molecule has 8 nitrogen and oxygen atoms in total. The molecule has 0 amide bonds. The molecule has 0 aliphatic heterocycles. The molecule has 0 aliphatic carbocycles. The van der Waals surface area contributed by atoms with Gasteiger partial charge >= 0.3 is 46.1 Å². The van der Waals surface area contributed by atoms with E-state index in [0.717, 1.165) is 0 Å². The second kappa shape index (κ2) is 10.9. The van der Waals surface area contributed by atoms with Gasteiger partial charge in [0.1, 0.15) is 0 Å². The van der Waals surface area contributed by atoms with Gasteiger partial charge in [-0.15, -0.1) is 10.1 Å². The Labute approximate surface area is 97.9 Å². The van der Waals surface area contributed by atoms with Crippen molar-refractivity contribution in [3.8, 4) is 0 Å². The van der Waals surface area contributed by atoms with Gasteiger partial charge in [-0.3, -0.25) is 0 Å². The maximum absolute atomic E-state index is 8.60. The largest absolute Gasteiger partial charge is 2.00 e. The molecule has 0 rings (SSSR count). The van der Waals surface area contributed by atoms with Crippen molar-refractivity contribution in [3.05, 3.63) is 10.1 Å². The van der Waals surface area contributed by atoms with Crippen molar-refractivity contribution >= 4 is 46.1 Å². The average Bonchev–Trinajstić information content (AvgIpc) is 1.19. The fraction of sp³-hybridized carbons (Fsp3) is 0. The van der Waals surface area contributed by atoms with Gasteiger partial charge in [0, 0.05) is 0 Å². The zero-order chi connectivity index (χ0) is 8.08. The third-order valence-electron chi connectivity index (χ3n) is 0. The van der Waals surface area contributed by atoms with E-state index in [1.807, 2.05) is 0 Å². The molecule has 0 heterocycles. The fourth-order valence-electron chi connectivity index (χ4n) is 0. The molecule has 0 aliphatic rings. The van der Waals surface area contributed by atoms with E-state index < -0.39 is 15.3 Å². The second-order valence-corrected chi connectivity index (χ2v) is 1.43. The monoisotopic (exact) mass is 213 g/mol. The van der Waals surface area contributed by atoms with Crippen LogP contribution in [0.3, 0.4) is 0 Å². The summed E-state index contributed by atoms with van der Waals surface area (Å²) in [5.41, 5.74) is 0. The summed E-state index contributed by atoms with van der Waals surface area (Å²) in [5.74, 6) is 0. The molecule has 0 unspecified atom stereocenters. The standard InChI is InChI=1S/ClHO4.2Mg.HNO3.2H/c2-1(3,4)5;;;2-1(3)4;;/h(H,2,3,4,5);;;(H,2,3,4);;/q;2*+2;;2*-1. The summed E-state index contributed by atoms with van der Waals surface area (Å²) >= 11 is 0. The molecule has 60 valence electrons. The minimum absolute atomic E-state index is 0. The SMILES string of the molecule is O=[N+]([O-])O.[H-].[H-].[Mg+2].[Mg+2].[O-][Cl+3]([O-])([O-])O. The Kier molecular flexibility index (Phi) is 22.4. The average molecular weight is 214 g/mol. The predicted octanol–water partition coefficient (Wildman–Crippen LogP) is -5.01. The van der Waals surface area contributed by atoms with Crippen LogP contribution in [0.2, 0.25) is 0 Å². The summed E-state index contributed by atoms with van der Waals surface area (Å²) in [7, 11) is -4.69. The topological polar surface area (TPSA) is 153 Å². The first-order valence-electron chi connectivity index (χ1n) is 1.20. The molecular formula is H4ClMg2NO7+2. The van der Waals surface area contributed by atoms with E-state index in [2.05, 4.69) is 0 Å². The van der Waals surface area contributed by atoms with Gasteiger partial charge in [-0.05, 0) is 0 Å². The van der Waals surface area contributed by atoms with Crippen LogP contribution in [-0.2, 0) is 0 Å². The summed E-state index contributed by atoms with van der Waals surface area (Å²) in [6, 6.07) is 0. The Hall–Kier alpha value is 0.862. The molecule has 0 saturated heterocycles. The van der Waals surface area contributed by atoms with Gasteiger partial charge in [0.2, 0.25) is 0 Å².